The van der Waals surface area contributed by atoms with E-state index in [9.17, 15) is 14.0 Å². The zero-order chi connectivity index (χ0) is 17.0. The first-order chi connectivity index (χ1) is 11.5. The second-order valence-corrected chi connectivity index (χ2v) is 7.08. The Morgan fingerprint density at radius 2 is 2.04 bits per heavy atom. The highest BCUT2D eigenvalue weighted by Gasteiger charge is 2.45. The first kappa shape index (κ1) is 15.8. The number of carbonyl (C=O) groups excluding carboxylic acids is 2. The van der Waals surface area contributed by atoms with Gasteiger partial charge in [-0.05, 0) is 47.2 Å². The number of dihydropyridines is 1. The Bertz CT molecular complexity index is 843. The lowest BCUT2D eigenvalue weighted by Gasteiger charge is -2.32. The summed E-state index contributed by atoms with van der Waals surface area (Å²) in [7, 11) is 0. The van der Waals surface area contributed by atoms with Gasteiger partial charge < -0.3 is 14.8 Å². The molecule has 3 aliphatic rings. The zero-order valence-electron chi connectivity index (χ0n) is 12.7. The highest BCUT2D eigenvalue weighted by atomic mass is 127. The standard InChI is InChI=1S/C17H13FINO4/c1-7-16-15(17(22)24-7)13(8-2-3-9(18)10(19)4-8)14-11(20-16)5-23-6-12(14)21/h2-4,7,13,20H,5-6H2,1H3. The van der Waals surface area contributed by atoms with E-state index < -0.39 is 18.0 Å². The van der Waals surface area contributed by atoms with Crippen LogP contribution in [0.2, 0.25) is 0 Å². The molecule has 0 aliphatic carbocycles. The van der Waals surface area contributed by atoms with Gasteiger partial charge in [0, 0.05) is 20.8 Å². The lowest BCUT2D eigenvalue weighted by atomic mass is 9.78. The number of hydrogen-bond acceptors (Lipinski definition) is 5. The van der Waals surface area contributed by atoms with Crippen LogP contribution in [0.3, 0.4) is 0 Å². The van der Waals surface area contributed by atoms with Gasteiger partial charge in [-0.25, -0.2) is 9.18 Å². The monoisotopic (exact) mass is 441 g/mol. The number of nitrogens with one attached hydrogen (secondary N) is 1. The van der Waals surface area contributed by atoms with E-state index in [1.807, 2.05) is 22.6 Å². The van der Waals surface area contributed by atoms with Gasteiger partial charge in [-0.15, -0.1) is 0 Å². The summed E-state index contributed by atoms with van der Waals surface area (Å²) in [6.07, 6.45) is -0.416. The van der Waals surface area contributed by atoms with Crippen molar-refractivity contribution in [2.24, 2.45) is 0 Å². The van der Waals surface area contributed by atoms with E-state index in [2.05, 4.69) is 5.32 Å². The van der Waals surface area contributed by atoms with Crippen molar-refractivity contribution in [1.29, 1.82) is 0 Å². The maximum absolute atomic E-state index is 13.7. The molecule has 0 saturated heterocycles. The summed E-state index contributed by atoms with van der Waals surface area (Å²) in [5, 5.41) is 3.15. The van der Waals surface area contributed by atoms with Gasteiger partial charge in [0.25, 0.3) is 0 Å². The fourth-order valence-electron chi connectivity index (χ4n) is 3.39. The first-order valence-electron chi connectivity index (χ1n) is 7.48. The van der Waals surface area contributed by atoms with Crippen molar-refractivity contribution in [3.8, 4) is 0 Å². The predicted molar refractivity (Wildman–Crippen MR) is 90.4 cm³/mol. The molecule has 0 amide bonds. The van der Waals surface area contributed by atoms with Crippen molar-refractivity contribution >= 4 is 34.3 Å². The molecule has 7 heteroatoms. The van der Waals surface area contributed by atoms with E-state index >= 15 is 0 Å². The largest absolute Gasteiger partial charge is 0.453 e. The fraction of sp³-hybridized carbons (Fsp3) is 0.294. The van der Waals surface area contributed by atoms with Gasteiger partial charge in [-0.1, -0.05) is 6.07 Å². The molecule has 1 N–H and O–H groups in total. The molecular weight excluding hydrogens is 428 g/mol. The van der Waals surface area contributed by atoms with Crippen LogP contribution in [0.15, 0.2) is 40.7 Å². The summed E-state index contributed by atoms with van der Waals surface area (Å²) in [6, 6.07) is 4.63. The summed E-state index contributed by atoms with van der Waals surface area (Å²) in [5.74, 6) is -1.51. The van der Waals surface area contributed by atoms with Crippen LogP contribution in [0.4, 0.5) is 4.39 Å². The smallest absolute Gasteiger partial charge is 0.337 e. The second kappa shape index (κ2) is 5.66. The average molecular weight is 441 g/mol. The van der Waals surface area contributed by atoms with Crippen LogP contribution in [0.1, 0.15) is 18.4 Å². The van der Waals surface area contributed by atoms with Gasteiger partial charge in [-0.3, -0.25) is 4.79 Å². The Morgan fingerprint density at radius 1 is 1.25 bits per heavy atom. The van der Waals surface area contributed by atoms with Crippen molar-refractivity contribution in [3.05, 3.63) is 55.7 Å². The maximum Gasteiger partial charge on any atom is 0.337 e. The van der Waals surface area contributed by atoms with Crippen LogP contribution >= 0.6 is 22.6 Å². The fourth-order valence-corrected chi connectivity index (χ4v) is 3.93. The zero-order valence-corrected chi connectivity index (χ0v) is 14.8. The SMILES string of the molecule is CC1OC(=O)C2=C1NC1=C(C(=O)COC1)C2c1ccc(F)c(I)c1. The van der Waals surface area contributed by atoms with E-state index in [1.165, 1.54) is 6.07 Å². The topological polar surface area (TPSA) is 64.6 Å². The van der Waals surface area contributed by atoms with Crippen molar-refractivity contribution in [2.75, 3.05) is 13.2 Å². The van der Waals surface area contributed by atoms with Crippen LogP contribution in [0.25, 0.3) is 0 Å². The van der Waals surface area contributed by atoms with Crippen molar-refractivity contribution in [3.63, 3.8) is 0 Å². The number of cyclic esters (lactones) is 1. The van der Waals surface area contributed by atoms with Crippen LogP contribution in [-0.4, -0.2) is 31.1 Å². The summed E-state index contributed by atoms with van der Waals surface area (Å²) >= 11 is 1.90. The summed E-state index contributed by atoms with van der Waals surface area (Å²) < 4.78 is 24.7. The third-order valence-corrected chi connectivity index (χ3v) is 5.27. The number of hydrogen-bond donors (Lipinski definition) is 1. The minimum Gasteiger partial charge on any atom is -0.453 e. The minimum absolute atomic E-state index is 0.0253. The van der Waals surface area contributed by atoms with E-state index in [1.54, 1.807) is 19.1 Å². The number of benzene rings is 1. The third-order valence-electron chi connectivity index (χ3n) is 4.45. The van der Waals surface area contributed by atoms with Crippen LogP contribution in [0, 0.1) is 9.39 Å². The minimum atomic E-state index is -0.556. The Labute approximate surface area is 151 Å². The predicted octanol–water partition coefficient (Wildman–Crippen LogP) is 2.17. The summed E-state index contributed by atoms with van der Waals surface area (Å²) in [6.45, 7) is 2.02. The molecule has 5 nitrogen and oxygen atoms in total. The van der Waals surface area contributed by atoms with Gasteiger partial charge >= 0.3 is 5.97 Å². The Balaban J connectivity index is 1.93. The van der Waals surface area contributed by atoms with E-state index in [0.29, 0.717) is 31.7 Å². The molecule has 3 heterocycles. The molecule has 4 rings (SSSR count). The quantitative estimate of drug-likeness (QED) is 0.535. The maximum atomic E-state index is 13.7. The molecule has 2 atom stereocenters. The highest BCUT2D eigenvalue weighted by Crippen LogP contribution is 2.44. The average Bonchev–Trinajstić information content (AvgIpc) is 2.83. The number of ketones is 1. The third kappa shape index (κ3) is 2.29. The Morgan fingerprint density at radius 3 is 2.79 bits per heavy atom. The van der Waals surface area contributed by atoms with Crippen LogP contribution in [-0.2, 0) is 19.1 Å². The molecule has 0 aromatic heterocycles. The number of Topliss-reactive ketones (excluding diaryl/α,β-unsaturated/α-hetero) is 1. The van der Waals surface area contributed by atoms with Crippen LogP contribution in [0.5, 0.6) is 0 Å². The highest BCUT2D eigenvalue weighted by molar-refractivity contribution is 14.1. The molecule has 24 heavy (non-hydrogen) atoms. The number of esters is 1. The molecule has 3 aliphatic heterocycles. The molecule has 0 spiro atoms. The Hall–Kier alpha value is -1.74. The number of ether oxygens (including phenoxy) is 2. The molecule has 1 aromatic carbocycles. The Kier molecular flexibility index (Phi) is 3.72. The second-order valence-electron chi connectivity index (χ2n) is 5.91. The van der Waals surface area contributed by atoms with Gasteiger partial charge in [0.15, 0.2) is 5.78 Å². The van der Waals surface area contributed by atoms with Crippen LogP contribution < -0.4 is 5.32 Å². The molecule has 0 fully saturated rings. The molecule has 0 bridgehead atoms. The summed E-state index contributed by atoms with van der Waals surface area (Å²) in [4.78, 5) is 24.8. The van der Waals surface area contributed by atoms with E-state index in [0.717, 1.165) is 0 Å². The number of carbonyl (C=O) groups is 2. The number of halogens is 2. The van der Waals surface area contributed by atoms with Crippen molar-refractivity contribution in [2.45, 2.75) is 18.9 Å². The van der Waals surface area contributed by atoms with Gasteiger partial charge in [0.1, 0.15) is 18.5 Å². The lowest BCUT2D eigenvalue weighted by Crippen LogP contribution is -2.37. The molecule has 0 radical (unpaired) electrons. The normalized spacial score (nSPS) is 26.1. The van der Waals surface area contributed by atoms with Gasteiger partial charge in [0.05, 0.1) is 17.9 Å². The number of rotatable bonds is 1. The van der Waals surface area contributed by atoms with E-state index in [-0.39, 0.29) is 24.8 Å². The summed E-state index contributed by atoms with van der Waals surface area (Å²) in [5.41, 5.74) is 2.94. The van der Waals surface area contributed by atoms with Gasteiger partial charge in [-0.2, -0.15) is 0 Å². The molecule has 2 unspecified atom stereocenters. The molecule has 1 aromatic rings. The molecule has 124 valence electrons. The molecular formula is C17H13FINO4. The lowest BCUT2D eigenvalue weighted by molar-refractivity contribution is -0.139. The van der Waals surface area contributed by atoms with Crippen molar-refractivity contribution < 1.29 is 23.5 Å². The first-order valence-corrected chi connectivity index (χ1v) is 8.56. The van der Waals surface area contributed by atoms with Gasteiger partial charge in [0.2, 0.25) is 0 Å². The van der Waals surface area contributed by atoms with E-state index in [4.69, 9.17) is 9.47 Å². The van der Waals surface area contributed by atoms with Crippen molar-refractivity contribution in [1.82, 2.24) is 5.32 Å². The molecule has 0 saturated carbocycles.